The van der Waals surface area contributed by atoms with Gasteiger partial charge < -0.3 is 15.5 Å². The molecule has 3 heteroatoms. The van der Waals surface area contributed by atoms with E-state index in [0.29, 0.717) is 0 Å². The highest BCUT2D eigenvalue weighted by molar-refractivity contribution is 4.68. The van der Waals surface area contributed by atoms with Gasteiger partial charge >= 0.3 is 0 Å². The highest BCUT2D eigenvalue weighted by atomic mass is 15.2. The molecule has 0 saturated carbocycles. The Hall–Kier alpha value is -0.120. The van der Waals surface area contributed by atoms with Gasteiger partial charge in [-0.25, -0.2) is 0 Å². The highest BCUT2D eigenvalue weighted by Crippen LogP contribution is 1.97. The Bertz CT molecular complexity index is 140. The smallest absolute Gasteiger partial charge is 0.0107 e. The molecule has 90 valence electrons. The Morgan fingerprint density at radius 2 is 1.87 bits per heavy atom. The largest absolute Gasteiger partial charge is 0.314 e. The van der Waals surface area contributed by atoms with Gasteiger partial charge in [-0.05, 0) is 32.4 Å². The van der Waals surface area contributed by atoms with Crippen molar-refractivity contribution < 1.29 is 0 Å². The number of piperazine rings is 1. The topological polar surface area (TPSA) is 27.3 Å². The van der Waals surface area contributed by atoms with Crippen LogP contribution in [0.3, 0.4) is 0 Å². The molecule has 3 nitrogen and oxygen atoms in total. The predicted molar refractivity (Wildman–Crippen MR) is 66.3 cm³/mol. The van der Waals surface area contributed by atoms with Crippen molar-refractivity contribution in [1.82, 2.24) is 15.5 Å². The van der Waals surface area contributed by atoms with E-state index in [1.54, 1.807) is 0 Å². The first-order valence-corrected chi connectivity index (χ1v) is 6.53. The SMILES string of the molecule is CCC(CC)NCCCN1CCNCC1. The number of rotatable bonds is 7. The van der Waals surface area contributed by atoms with Crippen molar-refractivity contribution in [2.75, 3.05) is 39.3 Å². The van der Waals surface area contributed by atoms with Crippen LogP contribution in [0.4, 0.5) is 0 Å². The summed E-state index contributed by atoms with van der Waals surface area (Å²) in [7, 11) is 0. The molecule has 1 fully saturated rings. The maximum Gasteiger partial charge on any atom is 0.0107 e. The minimum atomic E-state index is 0.730. The Morgan fingerprint density at radius 1 is 1.20 bits per heavy atom. The van der Waals surface area contributed by atoms with E-state index in [2.05, 4.69) is 29.4 Å². The zero-order chi connectivity index (χ0) is 10.9. The van der Waals surface area contributed by atoms with Crippen LogP contribution in [0.1, 0.15) is 33.1 Å². The van der Waals surface area contributed by atoms with Crippen LogP contribution in [0.2, 0.25) is 0 Å². The van der Waals surface area contributed by atoms with Gasteiger partial charge in [0.15, 0.2) is 0 Å². The van der Waals surface area contributed by atoms with Gasteiger partial charge in [0.05, 0.1) is 0 Å². The van der Waals surface area contributed by atoms with Gasteiger partial charge in [-0.15, -0.1) is 0 Å². The maximum absolute atomic E-state index is 3.62. The molecule has 0 bridgehead atoms. The van der Waals surface area contributed by atoms with Crippen LogP contribution < -0.4 is 10.6 Å². The highest BCUT2D eigenvalue weighted by Gasteiger charge is 2.08. The number of nitrogens with one attached hydrogen (secondary N) is 2. The first-order chi connectivity index (χ1) is 7.36. The summed E-state index contributed by atoms with van der Waals surface area (Å²) in [6.07, 6.45) is 3.80. The van der Waals surface area contributed by atoms with E-state index >= 15 is 0 Å². The lowest BCUT2D eigenvalue weighted by atomic mass is 10.2. The summed E-state index contributed by atoms with van der Waals surface area (Å²) < 4.78 is 0. The van der Waals surface area contributed by atoms with E-state index in [1.807, 2.05) is 0 Å². The van der Waals surface area contributed by atoms with Crippen LogP contribution in [-0.4, -0.2) is 50.2 Å². The van der Waals surface area contributed by atoms with Crippen LogP contribution in [-0.2, 0) is 0 Å². The van der Waals surface area contributed by atoms with E-state index in [4.69, 9.17) is 0 Å². The molecular formula is C12H27N3. The van der Waals surface area contributed by atoms with Gasteiger partial charge in [0.25, 0.3) is 0 Å². The van der Waals surface area contributed by atoms with Crippen molar-refractivity contribution in [3.8, 4) is 0 Å². The maximum atomic E-state index is 3.62. The fourth-order valence-corrected chi connectivity index (χ4v) is 2.12. The minimum absolute atomic E-state index is 0.730. The molecule has 0 aromatic rings. The third-order valence-electron chi connectivity index (χ3n) is 3.28. The predicted octanol–water partition coefficient (Wildman–Crippen LogP) is 1.06. The Labute approximate surface area is 94.6 Å². The monoisotopic (exact) mass is 213 g/mol. The third kappa shape index (κ3) is 5.50. The normalized spacial score (nSPS) is 18.6. The Morgan fingerprint density at radius 3 is 2.47 bits per heavy atom. The van der Waals surface area contributed by atoms with Crippen LogP contribution in [0, 0.1) is 0 Å². The van der Waals surface area contributed by atoms with Gasteiger partial charge in [-0.2, -0.15) is 0 Å². The molecule has 0 radical (unpaired) electrons. The van der Waals surface area contributed by atoms with Crippen molar-refractivity contribution in [1.29, 1.82) is 0 Å². The van der Waals surface area contributed by atoms with Crippen molar-refractivity contribution in [3.05, 3.63) is 0 Å². The number of nitrogens with zero attached hydrogens (tertiary/aromatic N) is 1. The molecule has 1 rings (SSSR count). The van der Waals surface area contributed by atoms with Crippen LogP contribution in [0.15, 0.2) is 0 Å². The van der Waals surface area contributed by atoms with Gasteiger partial charge in [-0.1, -0.05) is 13.8 Å². The van der Waals surface area contributed by atoms with E-state index in [0.717, 1.165) is 6.04 Å². The molecule has 0 spiro atoms. The molecule has 1 heterocycles. The fourth-order valence-electron chi connectivity index (χ4n) is 2.12. The second-order valence-electron chi connectivity index (χ2n) is 4.41. The van der Waals surface area contributed by atoms with Gasteiger partial charge in [-0.3, -0.25) is 0 Å². The van der Waals surface area contributed by atoms with Crippen LogP contribution >= 0.6 is 0 Å². The Kier molecular flexibility index (Phi) is 6.98. The second kappa shape index (κ2) is 8.08. The fraction of sp³-hybridized carbons (Fsp3) is 1.00. The summed E-state index contributed by atoms with van der Waals surface area (Å²) >= 11 is 0. The lowest BCUT2D eigenvalue weighted by molar-refractivity contribution is 0.236. The number of hydrogen-bond acceptors (Lipinski definition) is 3. The number of hydrogen-bond donors (Lipinski definition) is 2. The van der Waals surface area contributed by atoms with Gasteiger partial charge in [0, 0.05) is 32.2 Å². The van der Waals surface area contributed by atoms with Crippen molar-refractivity contribution >= 4 is 0 Å². The molecular weight excluding hydrogens is 186 g/mol. The van der Waals surface area contributed by atoms with Gasteiger partial charge in [0.2, 0.25) is 0 Å². The standard InChI is InChI=1S/C12H27N3/c1-3-12(4-2)14-6-5-9-15-10-7-13-8-11-15/h12-14H,3-11H2,1-2H3. The molecule has 1 aliphatic rings. The summed E-state index contributed by atoms with van der Waals surface area (Å²) in [6, 6.07) is 0.730. The molecule has 0 atom stereocenters. The average molecular weight is 213 g/mol. The second-order valence-corrected chi connectivity index (χ2v) is 4.41. The molecule has 0 aromatic carbocycles. The summed E-state index contributed by atoms with van der Waals surface area (Å²) in [5.41, 5.74) is 0. The first kappa shape index (κ1) is 12.9. The lowest BCUT2D eigenvalue weighted by Gasteiger charge is -2.27. The summed E-state index contributed by atoms with van der Waals surface area (Å²) in [6.45, 7) is 11.7. The molecule has 0 aromatic heterocycles. The van der Waals surface area contributed by atoms with E-state index in [1.165, 1.54) is 58.5 Å². The summed E-state index contributed by atoms with van der Waals surface area (Å²) in [5, 5.41) is 7.00. The molecule has 2 N–H and O–H groups in total. The van der Waals surface area contributed by atoms with E-state index in [9.17, 15) is 0 Å². The molecule has 0 aliphatic carbocycles. The van der Waals surface area contributed by atoms with Gasteiger partial charge in [0.1, 0.15) is 0 Å². The summed E-state index contributed by atoms with van der Waals surface area (Å²) in [4.78, 5) is 2.56. The Balaban J connectivity index is 1.95. The van der Waals surface area contributed by atoms with Crippen molar-refractivity contribution in [2.45, 2.75) is 39.2 Å². The van der Waals surface area contributed by atoms with Crippen LogP contribution in [0.5, 0.6) is 0 Å². The molecule has 0 amide bonds. The van der Waals surface area contributed by atoms with Crippen molar-refractivity contribution in [3.63, 3.8) is 0 Å². The van der Waals surface area contributed by atoms with E-state index < -0.39 is 0 Å². The third-order valence-corrected chi connectivity index (χ3v) is 3.28. The summed E-state index contributed by atoms with van der Waals surface area (Å²) in [5.74, 6) is 0. The lowest BCUT2D eigenvalue weighted by Crippen LogP contribution is -2.44. The van der Waals surface area contributed by atoms with Crippen LogP contribution in [0.25, 0.3) is 0 Å². The molecule has 15 heavy (non-hydrogen) atoms. The molecule has 1 saturated heterocycles. The quantitative estimate of drug-likeness (QED) is 0.619. The molecule has 0 unspecified atom stereocenters. The zero-order valence-corrected chi connectivity index (χ0v) is 10.4. The first-order valence-electron chi connectivity index (χ1n) is 6.53. The van der Waals surface area contributed by atoms with E-state index in [-0.39, 0.29) is 0 Å². The van der Waals surface area contributed by atoms with Crippen molar-refractivity contribution in [2.24, 2.45) is 0 Å². The minimum Gasteiger partial charge on any atom is -0.314 e. The molecule has 1 aliphatic heterocycles. The zero-order valence-electron chi connectivity index (χ0n) is 10.4. The average Bonchev–Trinajstić information content (AvgIpc) is 2.31.